The molecule has 1 atom stereocenters. The van der Waals surface area contributed by atoms with E-state index in [1.807, 2.05) is 0 Å². The van der Waals surface area contributed by atoms with Gasteiger partial charge in [-0.2, -0.15) is 13.2 Å². The Morgan fingerprint density at radius 2 is 1.92 bits per heavy atom. The summed E-state index contributed by atoms with van der Waals surface area (Å²) >= 11 is 5.51. The van der Waals surface area contributed by atoms with Crippen molar-refractivity contribution in [2.75, 3.05) is 5.32 Å². The fourth-order valence-electron chi connectivity index (χ4n) is 1.84. The molecule has 1 aromatic heterocycles. The third-order valence-corrected chi connectivity index (χ3v) is 3.51. The molecule has 1 N–H and O–H groups in total. The average Bonchev–Trinajstić information content (AvgIpc) is 2.56. The summed E-state index contributed by atoms with van der Waals surface area (Å²) in [6.07, 6.45) is -3.39. The Labute approximate surface area is 151 Å². The van der Waals surface area contributed by atoms with Gasteiger partial charge in [0.25, 0.3) is 5.91 Å². The van der Waals surface area contributed by atoms with E-state index in [2.05, 4.69) is 15.3 Å². The van der Waals surface area contributed by atoms with Crippen LogP contribution in [0.2, 0.25) is 5.02 Å². The van der Waals surface area contributed by atoms with Crippen LogP contribution in [0.3, 0.4) is 0 Å². The number of rotatable bonds is 4. The van der Waals surface area contributed by atoms with Crippen LogP contribution in [0, 0.1) is 6.92 Å². The molecule has 2 rings (SSSR count). The number of carbonyl (C=O) groups excluding carboxylic acids is 2. The highest BCUT2D eigenvalue weighted by molar-refractivity contribution is 6.31. The second kappa shape index (κ2) is 7.69. The average molecular weight is 388 g/mol. The largest absolute Gasteiger partial charge is 0.448 e. The lowest BCUT2D eigenvalue weighted by Crippen LogP contribution is -2.30. The van der Waals surface area contributed by atoms with Gasteiger partial charge in [0.15, 0.2) is 11.8 Å². The number of carbonyl (C=O) groups is 2. The summed E-state index contributed by atoms with van der Waals surface area (Å²) in [6.45, 7) is 2.95. The Hall–Kier alpha value is -2.68. The first-order valence-electron chi connectivity index (χ1n) is 7.25. The van der Waals surface area contributed by atoms with Gasteiger partial charge in [-0.3, -0.25) is 9.78 Å². The molecule has 0 spiro atoms. The number of amides is 1. The summed E-state index contributed by atoms with van der Waals surface area (Å²) in [4.78, 5) is 31.6. The van der Waals surface area contributed by atoms with Gasteiger partial charge >= 0.3 is 12.1 Å². The van der Waals surface area contributed by atoms with E-state index in [4.69, 9.17) is 16.3 Å². The molecule has 0 saturated heterocycles. The van der Waals surface area contributed by atoms with Crippen molar-refractivity contribution >= 4 is 29.2 Å². The van der Waals surface area contributed by atoms with Crippen molar-refractivity contribution < 1.29 is 27.5 Å². The van der Waals surface area contributed by atoms with Gasteiger partial charge < -0.3 is 10.1 Å². The molecule has 1 amide bonds. The number of nitrogens with one attached hydrogen (secondary N) is 1. The van der Waals surface area contributed by atoms with Crippen LogP contribution in [-0.2, 0) is 15.7 Å². The van der Waals surface area contributed by atoms with E-state index in [1.165, 1.54) is 25.4 Å². The molecule has 0 radical (unpaired) electrons. The van der Waals surface area contributed by atoms with E-state index < -0.39 is 34.7 Å². The zero-order valence-corrected chi connectivity index (χ0v) is 14.4. The molecule has 1 aromatic carbocycles. The highest BCUT2D eigenvalue weighted by Crippen LogP contribution is 2.36. The summed E-state index contributed by atoms with van der Waals surface area (Å²) in [5.41, 5.74) is -0.724. The Morgan fingerprint density at radius 1 is 1.23 bits per heavy atom. The van der Waals surface area contributed by atoms with Gasteiger partial charge in [-0.25, -0.2) is 9.78 Å². The van der Waals surface area contributed by atoms with Crippen molar-refractivity contribution in [3.05, 3.63) is 52.6 Å². The molecule has 6 nitrogen and oxygen atoms in total. The summed E-state index contributed by atoms with van der Waals surface area (Å²) in [5, 5.41) is 1.74. The summed E-state index contributed by atoms with van der Waals surface area (Å²) in [6, 6.07) is 2.91. The molecule has 0 bridgehead atoms. The van der Waals surface area contributed by atoms with Gasteiger partial charge in [-0.15, -0.1) is 0 Å². The lowest BCUT2D eigenvalue weighted by molar-refractivity contribution is -0.137. The molecule has 1 heterocycles. The van der Waals surface area contributed by atoms with Crippen LogP contribution < -0.4 is 5.32 Å². The first-order valence-corrected chi connectivity index (χ1v) is 7.63. The zero-order chi connectivity index (χ0) is 19.5. The minimum atomic E-state index is -4.67. The molecule has 0 fully saturated rings. The topological polar surface area (TPSA) is 81.2 Å². The number of ether oxygens (including phenoxy) is 1. The van der Waals surface area contributed by atoms with E-state index in [0.717, 1.165) is 6.07 Å². The van der Waals surface area contributed by atoms with E-state index in [9.17, 15) is 22.8 Å². The zero-order valence-electron chi connectivity index (χ0n) is 13.6. The minimum absolute atomic E-state index is 0.0962. The molecule has 1 unspecified atom stereocenters. The van der Waals surface area contributed by atoms with Gasteiger partial charge in [-0.05, 0) is 32.0 Å². The van der Waals surface area contributed by atoms with Gasteiger partial charge in [0.1, 0.15) is 0 Å². The van der Waals surface area contributed by atoms with Crippen LogP contribution in [0.15, 0.2) is 30.6 Å². The fourth-order valence-corrected chi connectivity index (χ4v) is 2.06. The highest BCUT2D eigenvalue weighted by Gasteiger charge is 2.33. The smallest absolute Gasteiger partial charge is 0.417 e. The second-order valence-electron chi connectivity index (χ2n) is 5.27. The molecule has 10 heteroatoms. The summed E-state index contributed by atoms with van der Waals surface area (Å²) in [7, 11) is 0. The lowest BCUT2D eigenvalue weighted by Gasteiger charge is -2.15. The SMILES string of the molecule is Cc1cnc(C(=O)OC(C)C(=O)Nc2ccc(Cl)c(C(F)(F)F)c2)cn1. The predicted octanol–water partition coefficient (Wildman–Crippen LogP) is 3.64. The molecule has 0 aliphatic heterocycles. The van der Waals surface area contributed by atoms with Crippen LogP contribution in [0.5, 0.6) is 0 Å². The number of aromatic nitrogens is 2. The van der Waals surface area contributed by atoms with Crippen molar-refractivity contribution in [2.45, 2.75) is 26.1 Å². The number of hydrogen-bond acceptors (Lipinski definition) is 5. The minimum Gasteiger partial charge on any atom is -0.448 e. The number of halogens is 4. The molecule has 0 aliphatic carbocycles. The van der Waals surface area contributed by atoms with Crippen molar-refractivity contribution in [2.24, 2.45) is 0 Å². The quantitative estimate of drug-likeness (QED) is 0.810. The van der Waals surface area contributed by atoms with Gasteiger partial charge in [-0.1, -0.05) is 11.6 Å². The van der Waals surface area contributed by atoms with E-state index in [0.29, 0.717) is 11.8 Å². The summed E-state index contributed by atoms with van der Waals surface area (Å²) in [5.74, 6) is -1.69. The van der Waals surface area contributed by atoms with Gasteiger partial charge in [0.2, 0.25) is 0 Å². The third-order valence-electron chi connectivity index (χ3n) is 3.18. The molecular weight excluding hydrogens is 375 g/mol. The summed E-state index contributed by atoms with van der Waals surface area (Å²) < 4.78 is 43.4. The van der Waals surface area contributed by atoms with Crippen molar-refractivity contribution in [1.29, 1.82) is 0 Å². The van der Waals surface area contributed by atoms with Crippen LogP contribution in [0.1, 0.15) is 28.7 Å². The Kier molecular flexibility index (Phi) is 5.81. The van der Waals surface area contributed by atoms with Crippen molar-refractivity contribution in [3.8, 4) is 0 Å². The molecular formula is C16H13ClF3N3O3. The number of hydrogen-bond donors (Lipinski definition) is 1. The lowest BCUT2D eigenvalue weighted by atomic mass is 10.2. The maximum Gasteiger partial charge on any atom is 0.417 e. The number of esters is 1. The predicted molar refractivity (Wildman–Crippen MR) is 86.7 cm³/mol. The number of benzene rings is 1. The number of alkyl halides is 3. The normalized spacial score (nSPS) is 12.4. The Balaban J connectivity index is 2.05. The molecule has 2 aromatic rings. The van der Waals surface area contributed by atoms with Crippen LogP contribution in [0.25, 0.3) is 0 Å². The number of aryl methyl sites for hydroxylation is 1. The monoisotopic (exact) mass is 387 g/mol. The standard InChI is InChI=1S/C16H13ClF3N3O3/c1-8-6-22-13(7-21-8)15(25)26-9(2)14(24)23-10-3-4-12(17)11(5-10)16(18,19)20/h3-7,9H,1-2H3,(H,23,24). The van der Waals surface area contributed by atoms with Gasteiger partial charge in [0.05, 0.1) is 22.5 Å². The fraction of sp³-hybridized carbons (Fsp3) is 0.250. The molecule has 138 valence electrons. The molecule has 0 aliphatic rings. The maximum atomic E-state index is 12.8. The van der Waals surface area contributed by atoms with E-state index in [-0.39, 0.29) is 11.4 Å². The Bertz CT molecular complexity index is 826. The Morgan fingerprint density at radius 3 is 2.50 bits per heavy atom. The van der Waals surface area contributed by atoms with Crippen LogP contribution in [0.4, 0.5) is 18.9 Å². The first kappa shape index (κ1) is 19.6. The number of nitrogens with zero attached hydrogens (tertiary/aromatic N) is 2. The molecule has 0 saturated carbocycles. The third kappa shape index (κ3) is 4.92. The van der Waals surface area contributed by atoms with Crippen molar-refractivity contribution in [1.82, 2.24) is 9.97 Å². The number of anilines is 1. The maximum absolute atomic E-state index is 12.8. The van der Waals surface area contributed by atoms with Gasteiger partial charge in [0, 0.05) is 11.9 Å². The van der Waals surface area contributed by atoms with E-state index >= 15 is 0 Å². The van der Waals surface area contributed by atoms with E-state index in [1.54, 1.807) is 6.92 Å². The molecule has 26 heavy (non-hydrogen) atoms. The van der Waals surface area contributed by atoms with Crippen LogP contribution >= 0.6 is 11.6 Å². The van der Waals surface area contributed by atoms with Crippen LogP contribution in [-0.4, -0.2) is 27.9 Å². The highest BCUT2D eigenvalue weighted by atomic mass is 35.5. The first-order chi connectivity index (χ1) is 12.1. The van der Waals surface area contributed by atoms with Crippen molar-refractivity contribution in [3.63, 3.8) is 0 Å². The second-order valence-corrected chi connectivity index (χ2v) is 5.68.